The molecule has 0 amide bonds. The number of aliphatic hydroxyl groups excluding tert-OH is 1. The van der Waals surface area contributed by atoms with Gasteiger partial charge in [-0.15, -0.1) is 0 Å². The number of aliphatic hydroxyl groups is 1. The zero-order chi connectivity index (χ0) is 13.9. The third kappa shape index (κ3) is 2.68. The van der Waals surface area contributed by atoms with Crippen LogP contribution in [0.2, 0.25) is 0 Å². The molecule has 1 unspecified atom stereocenters. The molecule has 0 spiro atoms. The molecule has 1 atom stereocenters. The molecule has 0 aliphatic rings. The van der Waals surface area contributed by atoms with Gasteiger partial charge in [-0.3, -0.25) is 9.97 Å². The fraction of sp³-hybridized carbons (Fsp3) is 0.176. The molecule has 3 heteroatoms. The summed E-state index contributed by atoms with van der Waals surface area (Å²) in [5.74, 6) is 0. The van der Waals surface area contributed by atoms with Crippen LogP contribution in [0.25, 0.3) is 10.9 Å². The van der Waals surface area contributed by atoms with Crippen molar-refractivity contribution in [3.05, 3.63) is 71.7 Å². The van der Waals surface area contributed by atoms with Crippen molar-refractivity contribution in [1.29, 1.82) is 0 Å². The topological polar surface area (TPSA) is 46.0 Å². The van der Waals surface area contributed by atoms with E-state index < -0.39 is 6.10 Å². The van der Waals surface area contributed by atoms with E-state index in [1.54, 1.807) is 6.20 Å². The summed E-state index contributed by atoms with van der Waals surface area (Å²) in [4.78, 5) is 8.80. The Morgan fingerprint density at radius 3 is 2.80 bits per heavy atom. The Morgan fingerprint density at radius 2 is 1.95 bits per heavy atom. The first-order chi connectivity index (χ1) is 9.72. The second-order valence-electron chi connectivity index (χ2n) is 4.97. The predicted molar refractivity (Wildman–Crippen MR) is 79.4 cm³/mol. The summed E-state index contributed by atoms with van der Waals surface area (Å²) in [7, 11) is 0. The number of hydrogen-bond acceptors (Lipinski definition) is 3. The van der Waals surface area contributed by atoms with Crippen LogP contribution in [0.5, 0.6) is 0 Å². The lowest BCUT2D eigenvalue weighted by Crippen LogP contribution is -2.05. The third-order valence-corrected chi connectivity index (χ3v) is 3.34. The van der Waals surface area contributed by atoms with E-state index in [1.165, 1.54) is 0 Å². The molecule has 0 radical (unpaired) electrons. The summed E-state index contributed by atoms with van der Waals surface area (Å²) >= 11 is 0. The summed E-state index contributed by atoms with van der Waals surface area (Å²) in [6, 6.07) is 15.8. The number of aromatic nitrogens is 2. The van der Waals surface area contributed by atoms with Gasteiger partial charge in [0.25, 0.3) is 0 Å². The van der Waals surface area contributed by atoms with Gasteiger partial charge in [0, 0.05) is 23.7 Å². The molecule has 3 aromatic rings. The summed E-state index contributed by atoms with van der Waals surface area (Å²) in [5, 5.41) is 11.4. The van der Waals surface area contributed by atoms with Crippen LogP contribution in [0.3, 0.4) is 0 Å². The highest BCUT2D eigenvalue weighted by molar-refractivity contribution is 5.78. The summed E-state index contributed by atoms with van der Waals surface area (Å²) in [5.41, 5.74) is 3.62. The first-order valence-electron chi connectivity index (χ1n) is 6.68. The van der Waals surface area contributed by atoms with E-state index in [0.717, 1.165) is 22.2 Å². The van der Waals surface area contributed by atoms with Crippen molar-refractivity contribution < 1.29 is 5.11 Å². The van der Waals surface area contributed by atoms with Crippen molar-refractivity contribution in [1.82, 2.24) is 9.97 Å². The van der Waals surface area contributed by atoms with E-state index in [4.69, 9.17) is 0 Å². The third-order valence-electron chi connectivity index (χ3n) is 3.34. The highest BCUT2D eigenvalue weighted by atomic mass is 16.3. The highest BCUT2D eigenvalue weighted by Crippen LogP contribution is 2.18. The minimum absolute atomic E-state index is 0.473. The van der Waals surface area contributed by atoms with Gasteiger partial charge in [-0.25, -0.2) is 0 Å². The molecule has 0 fully saturated rings. The minimum atomic E-state index is -0.622. The van der Waals surface area contributed by atoms with E-state index >= 15 is 0 Å². The molecule has 0 aliphatic carbocycles. The molecule has 0 saturated carbocycles. The summed E-state index contributed by atoms with van der Waals surface area (Å²) < 4.78 is 0. The molecule has 0 aliphatic heterocycles. The number of hydrogen-bond donors (Lipinski definition) is 1. The van der Waals surface area contributed by atoms with Crippen LogP contribution in [-0.2, 0) is 6.42 Å². The van der Waals surface area contributed by atoms with Crippen molar-refractivity contribution in [3.8, 4) is 0 Å². The predicted octanol–water partition coefficient (Wildman–Crippen LogP) is 3.21. The fourth-order valence-corrected chi connectivity index (χ4v) is 2.27. The average molecular weight is 264 g/mol. The Morgan fingerprint density at radius 1 is 1.10 bits per heavy atom. The molecular formula is C17H16N2O. The lowest BCUT2D eigenvalue weighted by molar-refractivity contribution is 0.172. The van der Waals surface area contributed by atoms with Gasteiger partial charge in [-0.2, -0.15) is 0 Å². The Hall–Kier alpha value is -2.26. The first kappa shape index (κ1) is 12.8. The van der Waals surface area contributed by atoms with Gasteiger partial charge in [0.2, 0.25) is 0 Å². The standard InChI is InChI=1S/C17H16N2O/c1-12-8-9-18-16(10-12)17(20)11-14-7-6-13-4-2-3-5-15(13)19-14/h2-10,17,20H,11H2,1H3. The molecule has 1 aromatic carbocycles. The normalized spacial score (nSPS) is 12.5. The number of para-hydroxylation sites is 1. The monoisotopic (exact) mass is 264 g/mol. The minimum Gasteiger partial charge on any atom is -0.386 e. The lowest BCUT2D eigenvalue weighted by atomic mass is 10.1. The second-order valence-corrected chi connectivity index (χ2v) is 4.97. The number of aryl methyl sites for hydroxylation is 1. The molecule has 0 saturated heterocycles. The largest absolute Gasteiger partial charge is 0.386 e. The molecule has 3 nitrogen and oxygen atoms in total. The van der Waals surface area contributed by atoms with Gasteiger partial charge in [0.05, 0.1) is 11.2 Å². The van der Waals surface area contributed by atoms with Crippen molar-refractivity contribution in [3.63, 3.8) is 0 Å². The van der Waals surface area contributed by atoms with Crippen LogP contribution >= 0.6 is 0 Å². The molecule has 3 rings (SSSR count). The van der Waals surface area contributed by atoms with Crippen molar-refractivity contribution in [2.75, 3.05) is 0 Å². The number of fused-ring (bicyclic) bond motifs is 1. The number of benzene rings is 1. The van der Waals surface area contributed by atoms with Crippen LogP contribution in [0.1, 0.15) is 23.1 Å². The van der Waals surface area contributed by atoms with Crippen molar-refractivity contribution in [2.45, 2.75) is 19.4 Å². The Bertz CT molecular complexity index is 740. The van der Waals surface area contributed by atoms with E-state index in [2.05, 4.69) is 9.97 Å². The molecule has 1 N–H and O–H groups in total. The van der Waals surface area contributed by atoms with Gasteiger partial charge >= 0.3 is 0 Å². The number of nitrogens with zero attached hydrogens (tertiary/aromatic N) is 2. The molecule has 100 valence electrons. The molecule has 0 bridgehead atoms. The van der Waals surface area contributed by atoms with E-state index in [9.17, 15) is 5.11 Å². The van der Waals surface area contributed by atoms with Crippen LogP contribution < -0.4 is 0 Å². The summed E-state index contributed by atoms with van der Waals surface area (Å²) in [6.07, 6.45) is 1.58. The summed E-state index contributed by atoms with van der Waals surface area (Å²) in [6.45, 7) is 1.99. The van der Waals surface area contributed by atoms with Gasteiger partial charge in [0.1, 0.15) is 6.10 Å². The van der Waals surface area contributed by atoms with Gasteiger partial charge in [-0.1, -0.05) is 24.3 Å². The van der Waals surface area contributed by atoms with Crippen LogP contribution in [-0.4, -0.2) is 15.1 Å². The maximum Gasteiger partial charge on any atom is 0.101 e. The average Bonchev–Trinajstić information content (AvgIpc) is 2.47. The van der Waals surface area contributed by atoms with Gasteiger partial charge in [0.15, 0.2) is 0 Å². The van der Waals surface area contributed by atoms with Gasteiger partial charge < -0.3 is 5.11 Å². The quantitative estimate of drug-likeness (QED) is 0.790. The first-order valence-corrected chi connectivity index (χ1v) is 6.68. The fourth-order valence-electron chi connectivity index (χ4n) is 2.27. The lowest BCUT2D eigenvalue weighted by Gasteiger charge is -2.10. The number of pyridine rings is 2. The van der Waals surface area contributed by atoms with E-state index in [0.29, 0.717) is 12.1 Å². The smallest absolute Gasteiger partial charge is 0.101 e. The van der Waals surface area contributed by atoms with E-state index in [1.807, 2.05) is 55.5 Å². The SMILES string of the molecule is Cc1ccnc(C(O)Cc2ccc3ccccc3n2)c1. The molecular weight excluding hydrogens is 248 g/mol. The maximum atomic E-state index is 10.3. The maximum absolute atomic E-state index is 10.3. The molecule has 20 heavy (non-hydrogen) atoms. The van der Waals surface area contributed by atoms with Crippen molar-refractivity contribution >= 4 is 10.9 Å². The van der Waals surface area contributed by atoms with Crippen LogP contribution in [0, 0.1) is 6.92 Å². The number of rotatable bonds is 3. The van der Waals surface area contributed by atoms with Crippen LogP contribution in [0.4, 0.5) is 0 Å². The molecule has 2 aromatic heterocycles. The Labute approximate surface area is 117 Å². The Balaban J connectivity index is 1.85. The zero-order valence-electron chi connectivity index (χ0n) is 11.3. The zero-order valence-corrected chi connectivity index (χ0v) is 11.3. The highest BCUT2D eigenvalue weighted by Gasteiger charge is 2.11. The van der Waals surface area contributed by atoms with E-state index in [-0.39, 0.29) is 0 Å². The van der Waals surface area contributed by atoms with Crippen molar-refractivity contribution in [2.24, 2.45) is 0 Å². The molecule has 2 heterocycles. The van der Waals surface area contributed by atoms with Gasteiger partial charge in [-0.05, 0) is 36.8 Å². The second kappa shape index (κ2) is 5.39. The Kier molecular flexibility index (Phi) is 3.44. The van der Waals surface area contributed by atoms with Crippen LogP contribution in [0.15, 0.2) is 54.7 Å².